The van der Waals surface area contributed by atoms with Crippen molar-refractivity contribution in [2.45, 2.75) is 20.0 Å². The topological polar surface area (TPSA) is 81.2 Å². The van der Waals surface area contributed by atoms with E-state index >= 15 is 0 Å². The van der Waals surface area contributed by atoms with Crippen LogP contribution in [0.5, 0.6) is 5.88 Å². The summed E-state index contributed by atoms with van der Waals surface area (Å²) >= 11 is 0. The van der Waals surface area contributed by atoms with E-state index in [-0.39, 0.29) is 6.10 Å². The summed E-state index contributed by atoms with van der Waals surface area (Å²) in [4.78, 5) is 3.97. The van der Waals surface area contributed by atoms with Crippen molar-refractivity contribution in [3.63, 3.8) is 0 Å². The zero-order valence-electron chi connectivity index (χ0n) is 9.43. The summed E-state index contributed by atoms with van der Waals surface area (Å²) in [6.45, 7) is 4.87. The highest BCUT2D eigenvalue weighted by atomic mass is 16.5. The molecule has 1 aromatic rings. The van der Waals surface area contributed by atoms with E-state index in [1.807, 2.05) is 19.9 Å². The molecule has 1 aromatic heterocycles. The molecule has 0 aromatic carbocycles. The van der Waals surface area contributed by atoms with Crippen molar-refractivity contribution in [2.75, 3.05) is 18.9 Å². The second kappa shape index (κ2) is 5.93. The Labute approximate surface area is 94.8 Å². The van der Waals surface area contributed by atoms with Crippen LogP contribution in [0.25, 0.3) is 0 Å². The molecule has 0 radical (unpaired) electrons. The number of rotatable bonds is 5. The minimum Gasteiger partial charge on any atom is -0.471 e. The van der Waals surface area contributed by atoms with Gasteiger partial charge in [0.15, 0.2) is 0 Å². The van der Waals surface area contributed by atoms with Crippen molar-refractivity contribution in [2.24, 2.45) is 0 Å². The molecule has 0 fully saturated rings. The molecule has 86 valence electrons. The summed E-state index contributed by atoms with van der Waals surface area (Å²) in [7, 11) is 0. The molecule has 1 heterocycles. The first-order valence-corrected chi connectivity index (χ1v) is 5.07. The van der Waals surface area contributed by atoms with Gasteiger partial charge >= 0.3 is 0 Å². The van der Waals surface area contributed by atoms with Gasteiger partial charge in [-0.2, -0.15) is 5.26 Å². The van der Waals surface area contributed by atoms with Gasteiger partial charge in [-0.05, 0) is 19.9 Å². The summed E-state index contributed by atoms with van der Waals surface area (Å²) < 4.78 is 10.7. The number of hydrogen-bond acceptors (Lipinski definition) is 5. The molecule has 0 aliphatic carbocycles. The Hall–Kier alpha value is -1.80. The number of nitriles is 1. The number of nitrogen functional groups attached to an aromatic ring is 1. The number of hydrogen-bond donors (Lipinski definition) is 1. The summed E-state index contributed by atoms with van der Waals surface area (Å²) in [6, 6.07) is 3.53. The third kappa shape index (κ3) is 3.41. The highest BCUT2D eigenvalue weighted by molar-refractivity contribution is 5.48. The van der Waals surface area contributed by atoms with E-state index in [1.54, 1.807) is 0 Å². The molecule has 5 nitrogen and oxygen atoms in total. The maximum Gasteiger partial charge on any atom is 0.232 e. The summed E-state index contributed by atoms with van der Waals surface area (Å²) in [5.41, 5.74) is 6.30. The van der Waals surface area contributed by atoms with Crippen LogP contribution >= 0.6 is 0 Å². The Morgan fingerprint density at radius 3 is 3.00 bits per heavy atom. The Kier molecular flexibility index (Phi) is 4.55. The average molecular weight is 221 g/mol. The van der Waals surface area contributed by atoms with Crippen LogP contribution in [-0.4, -0.2) is 24.3 Å². The predicted octanol–water partition coefficient (Wildman–Crippen LogP) is 1.34. The molecule has 5 heteroatoms. The van der Waals surface area contributed by atoms with Crippen molar-refractivity contribution in [1.29, 1.82) is 5.26 Å². The third-order valence-corrected chi connectivity index (χ3v) is 1.86. The van der Waals surface area contributed by atoms with Crippen LogP contribution in [0.2, 0.25) is 0 Å². The van der Waals surface area contributed by atoms with Crippen LogP contribution in [-0.2, 0) is 4.74 Å². The lowest BCUT2D eigenvalue weighted by atomic mass is 10.3. The fourth-order valence-corrected chi connectivity index (χ4v) is 1.15. The summed E-state index contributed by atoms with van der Waals surface area (Å²) in [6.07, 6.45) is 1.31. The Bertz CT molecular complexity index is 387. The van der Waals surface area contributed by atoms with Gasteiger partial charge in [0.05, 0.1) is 18.5 Å². The van der Waals surface area contributed by atoms with E-state index in [4.69, 9.17) is 20.5 Å². The first kappa shape index (κ1) is 12.3. The number of aromatic nitrogens is 1. The molecule has 0 saturated carbocycles. The Balaban J connectivity index is 2.70. The largest absolute Gasteiger partial charge is 0.471 e. The molecule has 0 amide bonds. The number of nitrogens with zero attached hydrogens (tertiary/aromatic N) is 2. The molecule has 1 atom stereocenters. The third-order valence-electron chi connectivity index (χ3n) is 1.86. The maximum atomic E-state index is 8.88. The molecule has 0 spiro atoms. The summed E-state index contributed by atoms with van der Waals surface area (Å²) in [5, 5.41) is 8.88. The number of pyridine rings is 1. The molecule has 0 aliphatic rings. The van der Waals surface area contributed by atoms with E-state index in [9.17, 15) is 0 Å². The molecular formula is C11H15N3O2. The van der Waals surface area contributed by atoms with Crippen molar-refractivity contribution in [1.82, 2.24) is 4.98 Å². The summed E-state index contributed by atoms with van der Waals surface area (Å²) in [5.74, 6) is 0.295. The second-order valence-electron chi connectivity index (χ2n) is 3.32. The standard InChI is InChI=1S/C11H15N3O2/c1-3-15-7-8(2)16-11-9(5-12)4-10(13)6-14-11/h4,6,8H,3,7,13H2,1-2H3. The zero-order chi connectivity index (χ0) is 12.0. The van der Waals surface area contributed by atoms with Crippen LogP contribution in [0.4, 0.5) is 5.69 Å². The molecule has 16 heavy (non-hydrogen) atoms. The molecule has 1 unspecified atom stereocenters. The fraction of sp³-hybridized carbons (Fsp3) is 0.455. The van der Waals surface area contributed by atoms with Crippen LogP contribution < -0.4 is 10.5 Å². The van der Waals surface area contributed by atoms with Gasteiger partial charge in [-0.25, -0.2) is 4.98 Å². The van der Waals surface area contributed by atoms with Gasteiger partial charge in [-0.3, -0.25) is 0 Å². The quantitative estimate of drug-likeness (QED) is 0.811. The highest BCUT2D eigenvalue weighted by Gasteiger charge is 2.10. The smallest absolute Gasteiger partial charge is 0.232 e. The van der Waals surface area contributed by atoms with Crippen molar-refractivity contribution in [3.8, 4) is 11.9 Å². The molecule has 0 aliphatic heterocycles. The maximum absolute atomic E-state index is 8.88. The van der Waals surface area contributed by atoms with Crippen LogP contribution in [0.3, 0.4) is 0 Å². The van der Waals surface area contributed by atoms with Gasteiger partial charge in [-0.15, -0.1) is 0 Å². The van der Waals surface area contributed by atoms with Crippen LogP contribution in [0, 0.1) is 11.3 Å². The van der Waals surface area contributed by atoms with Gasteiger partial charge < -0.3 is 15.2 Å². The van der Waals surface area contributed by atoms with Crippen molar-refractivity contribution in [3.05, 3.63) is 17.8 Å². The van der Waals surface area contributed by atoms with E-state index in [0.29, 0.717) is 30.3 Å². The molecule has 1 rings (SSSR count). The van der Waals surface area contributed by atoms with Crippen molar-refractivity contribution >= 4 is 5.69 Å². The van der Waals surface area contributed by atoms with Crippen molar-refractivity contribution < 1.29 is 9.47 Å². The molecule has 2 N–H and O–H groups in total. The Morgan fingerprint density at radius 2 is 2.38 bits per heavy atom. The predicted molar refractivity (Wildman–Crippen MR) is 59.9 cm³/mol. The highest BCUT2D eigenvalue weighted by Crippen LogP contribution is 2.17. The lowest BCUT2D eigenvalue weighted by Crippen LogP contribution is -2.20. The molecule has 0 bridgehead atoms. The van der Waals surface area contributed by atoms with Gasteiger partial charge in [0.25, 0.3) is 0 Å². The Morgan fingerprint density at radius 1 is 1.62 bits per heavy atom. The normalized spacial score (nSPS) is 11.8. The van der Waals surface area contributed by atoms with E-state index in [0.717, 1.165) is 0 Å². The zero-order valence-corrected chi connectivity index (χ0v) is 9.43. The monoisotopic (exact) mass is 221 g/mol. The van der Waals surface area contributed by atoms with E-state index in [2.05, 4.69) is 4.98 Å². The van der Waals surface area contributed by atoms with Crippen LogP contribution in [0.1, 0.15) is 19.4 Å². The van der Waals surface area contributed by atoms with Gasteiger partial charge in [-0.1, -0.05) is 0 Å². The molecule has 0 saturated heterocycles. The fourth-order valence-electron chi connectivity index (χ4n) is 1.15. The van der Waals surface area contributed by atoms with Gasteiger partial charge in [0.1, 0.15) is 17.7 Å². The minimum atomic E-state index is -0.150. The minimum absolute atomic E-state index is 0.150. The number of anilines is 1. The first-order valence-electron chi connectivity index (χ1n) is 5.07. The lowest BCUT2D eigenvalue weighted by Gasteiger charge is -2.14. The molecular weight excluding hydrogens is 206 g/mol. The number of ether oxygens (including phenoxy) is 2. The first-order chi connectivity index (χ1) is 7.67. The lowest BCUT2D eigenvalue weighted by molar-refractivity contribution is 0.0632. The SMILES string of the molecule is CCOCC(C)Oc1ncc(N)cc1C#N. The van der Waals surface area contributed by atoms with Crippen LogP contribution in [0.15, 0.2) is 12.3 Å². The number of nitrogens with two attached hydrogens (primary N) is 1. The van der Waals surface area contributed by atoms with Gasteiger partial charge in [0.2, 0.25) is 5.88 Å². The second-order valence-corrected chi connectivity index (χ2v) is 3.32. The van der Waals surface area contributed by atoms with E-state index in [1.165, 1.54) is 12.3 Å². The van der Waals surface area contributed by atoms with Gasteiger partial charge in [0, 0.05) is 6.61 Å². The van der Waals surface area contributed by atoms with E-state index < -0.39 is 0 Å². The average Bonchev–Trinajstić information content (AvgIpc) is 2.28.